The van der Waals surface area contributed by atoms with Gasteiger partial charge in [0.25, 0.3) is 11.4 Å². The Labute approximate surface area is 122 Å². The minimum absolute atomic E-state index is 0.321. The lowest BCUT2D eigenvalue weighted by Gasteiger charge is -2.02. The number of benzene rings is 2. The molecule has 0 fully saturated rings. The summed E-state index contributed by atoms with van der Waals surface area (Å²) in [5, 5.41) is 21.3. The first-order valence-electron chi connectivity index (χ1n) is 5.95. The van der Waals surface area contributed by atoms with Gasteiger partial charge in [-0.2, -0.15) is 0 Å². The molecule has 0 saturated carbocycles. The number of nitro benzene ring substituents is 2. The number of halogens is 2. The second-order valence-electron chi connectivity index (χ2n) is 4.24. The van der Waals surface area contributed by atoms with Crippen molar-refractivity contribution in [3.05, 3.63) is 79.9 Å². The molecule has 0 aliphatic carbocycles. The Kier molecular flexibility index (Phi) is 4.21. The van der Waals surface area contributed by atoms with E-state index in [4.69, 9.17) is 0 Å². The van der Waals surface area contributed by atoms with Crippen LogP contribution in [0, 0.1) is 20.2 Å². The van der Waals surface area contributed by atoms with Crippen molar-refractivity contribution >= 4 is 23.0 Å². The highest BCUT2D eigenvalue weighted by molar-refractivity contribution is 5.84. The highest BCUT2D eigenvalue weighted by Crippen LogP contribution is 2.31. The van der Waals surface area contributed by atoms with E-state index in [0.717, 1.165) is 24.3 Å². The Morgan fingerprint density at radius 1 is 0.773 bits per heavy atom. The molecule has 0 bridgehead atoms. The molecule has 8 heteroatoms. The molecule has 0 aliphatic rings. The maximum absolute atomic E-state index is 14.1. The van der Waals surface area contributed by atoms with Gasteiger partial charge in [0.2, 0.25) is 0 Å². The number of rotatable bonds is 4. The zero-order chi connectivity index (χ0) is 16.3. The summed E-state index contributed by atoms with van der Waals surface area (Å²) < 4.78 is 28.2. The van der Waals surface area contributed by atoms with Gasteiger partial charge in [0.15, 0.2) is 11.7 Å². The van der Waals surface area contributed by atoms with Gasteiger partial charge >= 0.3 is 0 Å². The monoisotopic (exact) mass is 306 g/mol. The molecule has 6 nitrogen and oxygen atoms in total. The summed E-state index contributed by atoms with van der Waals surface area (Å²) in [5.41, 5.74) is -1.42. The maximum atomic E-state index is 14.1. The zero-order valence-corrected chi connectivity index (χ0v) is 10.9. The molecular formula is C14H8F2N2O4. The van der Waals surface area contributed by atoms with Crippen LogP contribution in [-0.2, 0) is 0 Å². The molecule has 0 aliphatic heterocycles. The highest BCUT2D eigenvalue weighted by atomic mass is 19.2. The van der Waals surface area contributed by atoms with Gasteiger partial charge in [-0.05, 0) is 0 Å². The van der Waals surface area contributed by atoms with E-state index in [0.29, 0.717) is 0 Å². The molecule has 0 radical (unpaired) electrons. The van der Waals surface area contributed by atoms with Crippen LogP contribution in [0.4, 0.5) is 20.2 Å². The molecular weight excluding hydrogens is 298 g/mol. The van der Waals surface area contributed by atoms with E-state index >= 15 is 0 Å². The molecule has 112 valence electrons. The molecule has 0 heterocycles. The first-order valence-corrected chi connectivity index (χ1v) is 5.95. The third-order valence-corrected chi connectivity index (χ3v) is 2.81. The molecule has 2 aromatic carbocycles. The van der Waals surface area contributed by atoms with Crippen LogP contribution < -0.4 is 0 Å². The third-order valence-electron chi connectivity index (χ3n) is 2.81. The van der Waals surface area contributed by atoms with E-state index in [1.165, 1.54) is 24.3 Å². The van der Waals surface area contributed by atoms with Gasteiger partial charge in [0.05, 0.1) is 9.85 Å². The number of nitro groups is 2. The predicted octanol–water partition coefficient (Wildman–Crippen LogP) is 4.27. The van der Waals surface area contributed by atoms with Crippen molar-refractivity contribution in [2.75, 3.05) is 0 Å². The van der Waals surface area contributed by atoms with Crippen molar-refractivity contribution in [1.29, 1.82) is 0 Å². The average molecular weight is 306 g/mol. The third kappa shape index (κ3) is 3.11. The fourth-order valence-corrected chi connectivity index (χ4v) is 1.77. The van der Waals surface area contributed by atoms with Crippen molar-refractivity contribution in [3.63, 3.8) is 0 Å². The normalized spacial score (nSPS) is 11.7. The summed E-state index contributed by atoms with van der Waals surface area (Å²) in [7, 11) is 0. The summed E-state index contributed by atoms with van der Waals surface area (Å²) in [4.78, 5) is 19.8. The van der Waals surface area contributed by atoms with Crippen molar-refractivity contribution in [3.8, 4) is 0 Å². The first-order chi connectivity index (χ1) is 10.4. The molecule has 22 heavy (non-hydrogen) atoms. The molecule has 2 aromatic rings. The Morgan fingerprint density at radius 2 is 1.14 bits per heavy atom. The van der Waals surface area contributed by atoms with E-state index in [2.05, 4.69) is 0 Å². The fourth-order valence-electron chi connectivity index (χ4n) is 1.77. The van der Waals surface area contributed by atoms with Crippen LogP contribution in [0.5, 0.6) is 0 Å². The zero-order valence-electron chi connectivity index (χ0n) is 10.9. The Bertz CT molecular complexity index is 724. The topological polar surface area (TPSA) is 86.3 Å². The Hall–Kier alpha value is -3.16. The predicted molar refractivity (Wildman–Crippen MR) is 75.2 cm³/mol. The van der Waals surface area contributed by atoms with E-state index in [1.807, 2.05) is 0 Å². The molecule has 0 aromatic heterocycles. The quantitative estimate of drug-likeness (QED) is 0.479. The minimum atomic E-state index is -1.33. The van der Waals surface area contributed by atoms with Crippen LogP contribution in [0.2, 0.25) is 0 Å². The second-order valence-corrected chi connectivity index (χ2v) is 4.24. The SMILES string of the molecule is O=[N+]([O-])c1cccc(/C(F)=C(\F)c2cccc([N+](=O)[O-])c2)c1. The first kappa shape index (κ1) is 15.2. The van der Waals surface area contributed by atoms with Gasteiger partial charge in [0.1, 0.15) is 0 Å². The van der Waals surface area contributed by atoms with Gasteiger partial charge in [-0.25, -0.2) is 8.78 Å². The summed E-state index contributed by atoms with van der Waals surface area (Å²) in [6, 6.07) is 8.81. The van der Waals surface area contributed by atoms with Gasteiger partial charge in [-0.15, -0.1) is 0 Å². The summed E-state index contributed by atoms with van der Waals surface area (Å²) in [6.07, 6.45) is 0. The Balaban J connectivity index is 2.49. The number of hydrogen-bond acceptors (Lipinski definition) is 4. The van der Waals surface area contributed by atoms with Crippen LogP contribution in [0.15, 0.2) is 48.5 Å². The van der Waals surface area contributed by atoms with Gasteiger partial charge in [-0.1, -0.05) is 24.3 Å². The van der Waals surface area contributed by atoms with Crippen molar-refractivity contribution < 1.29 is 18.6 Å². The molecule has 0 unspecified atom stereocenters. The van der Waals surface area contributed by atoms with Crippen LogP contribution in [0.1, 0.15) is 11.1 Å². The van der Waals surface area contributed by atoms with E-state index in [-0.39, 0.29) is 22.5 Å². The highest BCUT2D eigenvalue weighted by Gasteiger charge is 2.16. The molecule has 0 spiro atoms. The summed E-state index contributed by atoms with van der Waals surface area (Å²) >= 11 is 0. The van der Waals surface area contributed by atoms with Crippen LogP contribution in [-0.4, -0.2) is 9.85 Å². The smallest absolute Gasteiger partial charge is 0.258 e. The minimum Gasteiger partial charge on any atom is -0.258 e. The molecule has 2 rings (SSSR count). The lowest BCUT2D eigenvalue weighted by atomic mass is 10.1. The van der Waals surface area contributed by atoms with Crippen LogP contribution >= 0.6 is 0 Å². The van der Waals surface area contributed by atoms with Gasteiger partial charge in [-0.3, -0.25) is 20.2 Å². The number of nitrogens with zero attached hydrogens (tertiary/aromatic N) is 2. The fraction of sp³-hybridized carbons (Fsp3) is 0. The summed E-state index contributed by atoms with van der Waals surface area (Å²) in [6.45, 7) is 0. The largest absolute Gasteiger partial charge is 0.270 e. The Morgan fingerprint density at radius 3 is 1.45 bits per heavy atom. The van der Waals surface area contributed by atoms with Crippen LogP contribution in [0.25, 0.3) is 11.7 Å². The standard InChI is InChI=1S/C14H8F2N2O4/c15-13(9-3-1-5-11(7-9)17(19)20)14(16)10-4-2-6-12(8-10)18(21)22/h1-8H/b14-13+. The lowest BCUT2D eigenvalue weighted by molar-refractivity contribution is -0.385. The van der Waals surface area contributed by atoms with Gasteiger partial charge < -0.3 is 0 Å². The average Bonchev–Trinajstić information content (AvgIpc) is 2.53. The molecule has 0 N–H and O–H groups in total. The number of non-ortho nitro benzene ring substituents is 2. The van der Waals surface area contributed by atoms with Crippen LogP contribution in [0.3, 0.4) is 0 Å². The second kappa shape index (κ2) is 6.08. The summed E-state index contributed by atoms with van der Waals surface area (Å²) in [5.74, 6) is -2.66. The molecule has 0 saturated heterocycles. The van der Waals surface area contributed by atoms with E-state index in [1.54, 1.807) is 0 Å². The molecule has 0 atom stereocenters. The van der Waals surface area contributed by atoms with E-state index < -0.39 is 21.5 Å². The molecule has 0 amide bonds. The number of hydrogen-bond donors (Lipinski definition) is 0. The lowest BCUT2D eigenvalue weighted by Crippen LogP contribution is -1.91. The van der Waals surface area contributed by atoms with Crippen molar-refractivity contribution in [1.82, 2.24) is 0 Å². The van der Waals surface area contributed by atoms with Crippen molar-refractivity contribution in [2.45, 2.75) is 0 Å². The van der Waals surface area contributed by atoms with Crippen molar-refractivity contribution in [2.24, 2.45) is 0 Å². The van der Waals surface area contributed by atoms with Gasteiger partial charge in [0, 0.05) is 35.4 Å². The maximum Gasteiger partial charge on any atom is 0.270 e. The van der Waals surface area contributed by atoms with E-state index in [9.17, 15) is 29.0 Å².